The average Bonchev–Trinajstić information content (AvgIpc) is 3.14. The van der Waals surface area contributed by atoms with Gasteiger partial charge in [0.15, 0.2) is 5.82 Å². The van der Waals surface area contributed by atoms with Gasteiger partial charge >= 0.3 is 11.9 Å². The quantitative estimate of drug-likeness (QED) is 0.0443. The molecule has 0 N–H and O–H groups in total. The predicted molar refractivity (Wildman–Crippen MR) is 196 cm³/mol. The second-order valence-electron chi connectivity index (χ2n) is 11.7. The highest BCUT2D eigenvalue weighted by Crippen LogP contribution is 2.28. The predicted octanol–water partition coefficient (Wildman–Crippen LogP) is 11.8. The molecule has 0 heterocycles. The van der Waals surface area contributed by atoms with Crippen molar-refractivity contribution in [3.63, 3.8) is 0 Å². The molecule has 0 bridgehead atoms. The highest BCUT2D eigenvalue weighted by atomic mass is 19.1. The summed E-state index contributed by atoms with van der Waals surface area (Å²) in [5.41, 5.74) is 4.39. The van der Waals surface area contributed by atoms with Crippen molar-refractivity contribution in [2.75, 3.05) is 31.7 Å². The summed E-state index contributed by atoms with van der Waals surface area (Å²) in [6.07, 6.45) is 5.46. The van der Waals surface area contributed by atoms with E-state index in [-0.39, 0.29) is 18.3 Å². The van der Waals surface area contributed by atoms with Crippen LogP contribution in [-0.4, -0.2) is 38.7 Å². The number of benzene rings is 4. The fourth-order valence-electron chi connectivity index (χ4n) is 4.49. The third-order valence-electron chi connectivity index (χ3n) is 7.50. The number of hydrogen-bond acceptors (Lipinski definition) is 11. The first-order chi connectivity index (χ1) is 24.7. The van der Waals surface area contributed by atoms with E-state index < -0.39 is 11.8 Å². The van der Waals surface area contributed by atoms with E-state index in [2.05, 4.69) is 44.2 Å². The Bertz CT molecular complexity index is 1840. The number of rotatable bonds is 18. The molecule has 0 atom stereocenters. The van der Waals surface area contributed by atoms with Gasteiger partial charge in [-0.2, -0.15) is 25.6 Å². The number of carbonyl (C=O) groups is 2. The highest BCUT2D eigenvalue weighted by Gasteiger charge is 2.08. The van der Waals surface area contributed by atoms with Crippen molar-refractivity contribution in [1.29, 1.82) is 0 Å². The molecule has 0 spiro atoms. The van der Waals surface area contributed by atoms with Gasteiger partial charge in [-0.25, -0.2) is 14.0 Å². The van der Waals surface area contributed by atoms with E-state index in [9.17, 15) is 14.0 Å². The van der Waals surface area contributed by atoms with Crippen molar-refractivity contribution in [1.82, 2.24) is 0 Å². The van der Waals surface area contributed by atoms with Crippen LogP contribution in [0.3, 0.4) is 0 Å². The molecule has 51 heavy (non-hydrogen) atoms. The van der Waals surface area contributed by atoms with Crippen LogP contribution >= 0.6 is 0 Å². The number of azo groups is 3. The van der Waals surface area contributed by atoms with E-state index in [4.69, 9.17) is 9.47 Å². The number of ether oxygens (including phenoxy) is 2. The van der Waals surface area contributed by atoms with Crippen LogP contribution in [0.15, 0.2) is 134 Å². The maximum Gasteiger partial charge on any atom is 0.338 e. The van der Waals surface area contributed by atoms with Gasteiger partial charge in [0.05, 0.1) is 47.2 Å². The topological polar surface area (TPSA) is 130 Å². The molecular formula is C39H42FN7O4. The number of likely N-dealkylation sites (N-methyl/N-ethyl adjacent to an activating group) is 1. The number of anilines is 1. The lowest BCUT2D eigenvalue weighted by atomic mass is 10.2. The van der Waals surface area contributed by atoms with Crippen LogP contribution < -0.4 is 4.90 Å². The summed E-state index contributed by atoms with van der Waals surface area (Å²) in [6, 6.07) is 25.2. The van der Waals surface area contributed by atoms with Crippen LogP contribution in [0.25, 0.3) is 0 Å². The lowest BCUT2D eigenvalue weighted by Gasteiger charge is -2.19. The SMILES string of the molecule is C=C(C)C(=O)OCCN(C)c1ccc(N=Nc2ccc(N=Nc3ccc(N=Nc4ccc(C(=O)OCCCCCCC)cc4)cc3)c(F)c2)cc1. The van der Waals surface area contributed by atoms with Gasteiger partial charge in [0.1, 0.15) is 12.3 Å². The molecule has 4 aromatic carbocycles. The Kier molecular flexibility index (Phi) is 14.8. The molecule has 0 aromatic heterocycles. The molecule has 11 nitrogen and oxygen atoms in total. The first kappa shape index (κ1) is 37.9. The van der Waals surface area contributed by atoms with E-state index in [1.54, 1.807) is 73.7 Å². The molecular weight excluding hydrogens is 649 g/mol. The van der Waals surface area contributed by atoms with Gasteiger partial charge in [0, 0.05) is 24.4 Å². The minimum Gasteiger partial charge on any atom is -0.462 e. The number of hydrogen-bond donors (Lipinski definition) is 0. The molecule has 0 saturated heterocycles. The molecule has 0 aliphatic rings. The number of unbranched alkanes of at least 4 members (excludes halogenated alkanes) is 4. The number of esters is 2. The summed E-state index contributed by atoms with van der Waals surface area (Å²) in [6.45, 7) is 8.51. The molecule has 0 radical (unpaired) electrons. The highest BCUT2D eigenvalue weighted by molar-refractivity contribution is 5.89. The summed E-state index contributed by atoms with van der Waals surface area (Å²) in [5, 5.41) is 24.9. The Balaban J connectivity index is 1.24. The summed E-state index contributed by atoms with van der Waals surface area (Å²) >= 11 is 0. The van der Waals surface area contributed by atoms with Crippen LogP contribution in [-0.2, 0) is 14.3 Å². The van der Waals surface area contributed by atoms with Gasteiger partial charge in [-0.15, -0.1) is 5.11 Å². The van der Waals surface area contributed by atoms with Crippen molar-refractivity contribution >= 4 is 51.8 Å². The number of halogens is 1. The Morgan fingerprint density at radius 1 is 0.667 bits per heavy atom. The Labute approximate surface area is 297 Å². The smallest absolute Gasteiger partial charge is 0.338 e. The lowest BCUT2D eigenvalue weighted by Crippen LogP contribution is -2.23. The van der Waals surface area contributed by atoms with E-state index >= 15 is 0 Å². The van der Waals surface area contributed by atoms with E-state index in [1.165, 1.54) is 25.0 Å². The molecule has 264 valence electrons. The Morgan fingerprint density at radius 3 is 1.75 bits per heavy atom. The van der Waals surface area contributed by atoms with Crippen LogP contribution in [0, 0.1) is 5.82 Å². The molecule has 4 rings (SSSR count). The van der Waals surface area contributed by atoms with Crippen LogP contribution in [0.2, 0.25) is 0 Å². The zero-order valence-corrected chi connectivity index (χ0v) is 29.2. The van der Waals surface area contributed by atoms with E-state index in [0.717, 1.165) is 24.9 Å². The van der Waals surface area contributed by atoms with Crippen LogP contribution in [0.5, 0.6) is 0 Å². The van der Waals surface area contributed by atoms with E-state index in [1.807, 2.05) is 24.1 Å². The van der Waals surface area contributed by atoms with Gasteiger partial charge in [-0.3, -0.25) is 0 Å². The summed E-state index contributed by atoms with van der Waals surface area (Å²) in [5.74, 6) is -1.35. The Morgan fingerprint density at radius 2 is 1.18 bits per heavy atom. The van der Waals surface area contributed by atoms with Crippen molar-refractivity contribution in [2.45, 2.75) is 46.0 Å². The normalized spacial score (nSPS) is 11.4. The van der Waals surface area contributed by atoms with E-state index in [0.29, 0.717) is 52.7 Å². The van der Waals surface area contributed by atoms with Gasteiger partial charge < -0.3 is 14.4 Å². The summed E-state index contributed by atoms with van der Waals surface area (Å²) < 4.78 is 25.3. The fourth-order valence-corrected chi connectivity index (χ4v) is 4.49. The second kappa shape index (κ2) is 19.9. The maximum absolute atomic E-state index is 14.8. The Hall–Kier alpha value is -5.91. The third kappa shape index (κ3) is 12.8. The molecule has 0 unspecified atom stereocenters. The summed E-state index contributed by atoms with van der Waals surface area (Å²) in [7, 11) is 1.88. The van der Waals surface area contributed by atoms with Crippen molar-refractivity contribution < 1.29 is 23.5 Å². The minimum atomic E-state index is -0.591. The first-order valence-electron chi connectivity index (χ1n) is 16.8. The van der Waals surface area contributed by atoms with Gasteiger partial charge in [0.2, 0.25) is 0 Å². The van der Waals surface area contributed by atoms with Gasteiger partial charge in [-0.05, 0) is 98.3 Å². The lowest BCUT2D eigenvalue weighted by molar-refractivity contribution is -0.138. The monoisotopic (exact) mass is 691 g/mol. The minimum absolute atomic E-state index is 0.0540. The molecule has 0 saturated carbocycles. The average molecular weight is 692 g/mol. The second-order valence-corrected chi connectivity index (χ2v) is 11.7. The largest absolute Gasteiger partial charge is 0.462 e. The molecule has 0 aliphatic heterocycles. The van der Waals surface area contributed by atoms with Gasteiger partial charge in [0.25, 0.3) is 0 Å². The maximum atomic E-state index is 14.8. The van der Waals surface area contributed by atoms with Crippen LogP contribution in [0.1, 0.15) is 56.3 Å². The molecule has 0 aliphatic carbocycles. The molecule has 12 heteroatoms. The van der Waals surface area contributed by atoms with Crippen molar-refractivity contribution in [2.24, 2.45) is 30.7 Å². The number of carbonyl (C=O) groups excluding carboxylic acids is 2. The first-order valence-corrected chi connectivity index (χ1v) is 16.8. The van der Waals surface area contributed by atoms with Crippen molar-refractivity contribution in [3.8, 4) is 0 Å². The summed E-state index contributed by atoms with van der Waals surface area (Å²) in [4.78, 5) is 25.7. The standard InChI is InChI=1S/C39H42FN7O4/c1-5-6-7-8-9-25-50-39(49)29-10-12-30(13-11-29)41-42-31-14-16-32(17-15-31)44-46-37-23-20-34(27-36(37)40)45-43-33-18-21-35(22-19-33)47(4)24-26-51-38(48)28(2)3/h10-23,27H,2,5-9,24-26H2,1,3-4H3. The molecule has 0 amide bonds. The van der Waals surface area contributed by atoms with Crippen molar-refractivity contribution in [3.05, 3.63) is 115 Å². The molecule has 4 aromatic rings. The number of nitrogens with zero attached hydrogens (tertiary/aromatic N) is 7. The van der Waals surface area contributed by atoms with Crippen LogP contribution in [0.4, 0.5) is 44.2 Å². The van der Waals surface area contributed by atoms with Gasteiger partial charge in [-0.1, -0.05) is 39.2 Å². The zero-order valence-electron chi connectivity index (χ0n) is 29.2. The molecule has 0 fully saturated rings. The fraction of sp³-hybridized carbons (Fsp3) is 0.282. The zero-order chi connectivity index (χ0) is 36.4. The third-order valence-corrected chi connectivity index (χ3v) is 7.50.